The van der Waals surface area contributed by atoms with Crippen LogP contribution in [0.25, 0.3) is 10.9 Å². The molecule has 38 heavy (non-hydrogen) atoms. The number of alkyl carbamates (subject to hydrolysis) is 1. The molecule has 3 N–H and O–H groups in total. The van der Waals surface area contributed by atoms with Crippen molar-refractivity contribution < 1.29 is 23.9 Å². The van der Waals surface area contributed by atoms with E-state index < -0.39 is 47.7 Å². The molecular formula is C28H31N5O5. The van der Waals surface area contributed by atoms with Crippen molar-refractivity contribution in [3.63, 3.8) is 0 Å². The number of H-pyrrole nitrogens is 1. The standard InChI is InChI=1S/C28H31N5O5/c1-28(2,3)38-26(36)31-21(13-17-15-29-20-12-8-7-11-19(17)20)23-16-30-25(35)22-14-24(34)32(27(37)33(22)23)18-9-5-4-6-10-18/h4-12,15,21-23,29H,13-14,16H2,1-3H3,(H,30,35)(H,31,36)/t21-,22+,23+/m1/s1. The highest BCUT2D eigenvalue weighted by molar-refractivity contribution is 6.18. The first-order valence-corrected chi connectivity index (χ1v) is 12.6. The van der Waals surface area contributed by atoms with Gasteiger partial charge in [-0.2, -0.15) is 0 Å². The molecule has 5 amide bonds. The molecule has 0 bridgehead atoms. The van der Waals surface area contributed by atoms with Gasteiger partial charge in [0, 0.05) is 23.6 Å². The zero-order valence-corrected chi connectivity index (χ0v) is 21.6. The summed E-state index contributed by atoms with van der Waals surface area (Å²) < 4.78 is 5.54. The molecule has 3 heterocycles. The van der Waals surface area contributed by atoms with E-state index in [1.54, 1.807) is 51.1 Å². The van der Waals surface area contributed by atoms with E-state index >= 15 is 0 Å². The number of piperazine rings is 1. The lowest BCUT2D eigenvalue weighted by atomic mass is 9.92. The zero-order chi connectivity index (χ0) is 27.0. The van der Waals surface area contributed by atoms with E-state index in [4.69, 9.17) is 4.74 Å². The number of ether oxygens (including phenoxy) is 1. The van der Waals surface area contributed by atoms with E-state index in [9.17, 15) is 19.2 Å². The molecule has 10 nitrogen and oxygen atoms in total. The highest BCUT2D eigenvalue weighted by Crippen LogP contribution is 2.30. The lowest BCUT2D eigenvalue weighted by molar-refractivity contribution is -0.135. The Morgan fingerprint density at radius 2 is 1.79 bits per heavy atom. The Bertz CT molecular complexity index is 1380. The number of urea groups is 1. The third-order valence-electron chi connectivity index (χ3n) is 6.81. The Labute approximate surface area is 220 Å². The second-order valence-corrected chi connectivity index (χ2v) is 10.6. The van der Waals surface area contributed by atoms with E-state index in [1.807, 2.05) is 30.5 Å². The maximum Gasteiger partial charge on any atom is 0.407 e. The molecule has 10 heteroatoms. The van der Waals surface area contributed by atoms with Crippen molar-refractivity contribution in [2.45, 2.75) is 57.3 Å². The summed E-state index contributed by atoms with van der Waals surface area (Å²) in [5.41, 5.74) is 1.59. The number of rotatable bonds is 5. The highest BCUT2D eigenvalue weighted by Gasteiger charge is 2.50. The molecule has 2 aromatic carbocycles. The van der Waals surface area contributed by atoms with Crippen molar-refractivity contribution in [3.05, 3.63) is 66.4 Å². The molecule has 0 unspecified atom stereocenters. The van der Waals surface area contributed by atoms with Gasteiger partial charge in [-0.15, -0.1) is 0 Å². The van der Waals surface area contributed by atoms with E-state index in [0.717, 1.165) is 21.4 Å². The predicted octanol–water partition coefficient (Wildman–Crippen LogP) is 3.33. The lowest BCUT2D eigenvalue weighted by Gasteiger charge is -2.48. The van der Waals surface area contributed by atoms with Gasteiger partial charge in [0.25, 0.3) is 0 Å². The molecule has 1 aromatic heterocycles. The molecule has 2 aliphatic rings. The van der Waals surface area contributed by atoms with Crippen molar-refractivity contribution >= 4 is 40.5 Å². The van der Waals surface area contributed by atoms with E-state index in [-0.39, 0.29) is 13.0 Å². The summed E-state index contributed by atoms with van der Waals surface area (Å²) in [6.07, 6.45) is 1.45. The summed E-state index contributed by atoms with van der Waals surface area (Å²) >= 11 is 0. The largest absolute Gasteiger partial charge is 0.444 e. The number of hydrogen-bond donors (Lipinski definition) is 3. The molecular weight excluding hydrogens is 486 g/mol. The van der Waals surface area contributed by atoms with Crippen LogP contribution in [0.2, 0.25) is 0 Å². The second kappa shape index (κ2) is 9.85. The number of amides is 5. The normalized spacial score (nSPS) is 20.7. The van der Waals surface area contributed by atoms with Gasteiger partial charge in [0.05, 0.1) is 24.2 Å². The van der Waals surface area contributed by atoms with Crippen LogP contribution in [0.15, 0.2) is 60.8 Å². The minimum absolute atomic E-state index is 0.112. The van der Waals surface area contributed by atoms with Gasteiger partial charge in [0.2, 0.25) is 11.8 Å². The van der Waals surface area contributed by atoms with Crippen LogP contribution in [0.3, 0.4) is 0 Å². The van der Waals surface area contributed by atoms with Crippen LogP contribution in [0.4, 0.5) is 15.3 Å². The first-order valence-electron chi connectivity index (χ1n) is 12.6. The summed E-state index contributed by atoms with van der Waals surface area (Å²) in [5.74, 6) is -0.842. The van der Waals surface area contributed by atoms with Crippen LogP contribution in [0.1, 0.15) is 32.8 Å². The fraction of sp³-hybridized carbons (Fsp3) is 0.357. The lowest BCUT2D eigenvalue weighted by Crippen LogP contribution is -2.73. The van der Waals surface area contributed by atoms with Gasteiger partial charge in [0.15, 0.2) is 0 Å². The number of fused-ring (bicyclic) bond motifs is 2. The van der Waals surface area contributed by atoms with Crippen LogP contribution < -0.4 is 15.5 Å². The molecule has 2 aliphatic heterocycles. The summed E-state index contributed by atoms with van der Waals surface area (Å²) in [6, 6.07) is 13.6. The number of hydrogen-bond acceptors (Lipinski definition) is 5. The maximum atomic E-state index is 13.9. The smallest absolute Gasteiger partial charge is 0.407 e. The minimum atomic E-state index is -0.973. The fourth-order valence-corrected chi connectivity index (χ4v) is 5.17. The van der Waals surface area contributed by atoms with Crippen LogP contribution >= 0.6 is 0 Å². The van der Waals surface area contributed by atoms with Gasteiger partial charge in [-0.3, -0.25) is 9.59 Å². The quantitative estimate of drug-likeness (QED) is 0.479. The highest BCUT2D eigenvalue weighted by atomic mass is 16.6. The van der Waals surface area contributed by atoms with Crippen LogP contribution in [-0.4, -0.2) is 64.1 Å². The SMILES string of the molecule is CC(C)(C)OC(=O)N[C@H](Cc1c[nH]c2ccccc12)[C@@H]1CNC(=O)[C@@H]2CC(=O)N(c3ccccc3)C(=O)N21. The first-order chi connectivity index (χ1) is 18.1. The number of carbonyl (C=O) groups excluding carboxylic acids is 4. The van der Waals surface area contributed by atoms with E-state index in [0.29, 0.717) is 12.1 Å². The van der Waals surface area contributed by atoms with Crippen LogP contribution in [0.5, 0.6) is 0 Å². The third-order valence-corrected chi connectivity index (χ3v) is 6.81. The van der Waals surface area contributed by atoms with Crippen LogP contribution in [-0.2, 0) is 20.7 Å². The Morgan fingerprint density at radius 1 is 1.08 bits per heavy atom. The minimum Gasteiger partial charge on any atom is -0.444 e. The number of aromatic nitrogens is 1. The summed E-state index contributed by atoms with van der Waals surface area (Å²) in [6.45, 7) is 5.43. The summed E-state index contributed by atoms with van der Waals surface area (Å²) in [4.78, 5) is 58.5. The summed E-state index contributed by atoms with van der Waals surface area (Å²) in [5, 5.41) is 6.79. The van der Waals surface area contributed by atoms with Gasteiger partial charge < -0.3 is 25.3 Å². The van der Waals surface area contributed by atoms with Crippen molar-refractivity contribution in [2.24, 2.45) is 0 Å². The molecule has 0 saturated carbocycles. The number of nitrogens with one attached hydrogen (secondary N) is 3. The van der Waals surface area contributed by atoms with Gasteiger partial charge in [-0.25, -0.2) is 14.5 Å². The Kier molecular flexibility index (Phi) is 6.56. The monoisotopic (exact) mass is 517 g/mol. The molecule has 0 spiro atoms. The number of aromatic amines is 1. The van der Waals surface area contributed by atoms with Crippen LogP contribution in [0, 0.1) is 0 Å². The molecule has 2 fully saturated rings. The Morgan fingerprint density at radius 3 is 2.53 bits per heavy atom. The predicted molar refractivity (Wildman–Crippen MR) is 142 cm³/mol. The van der Waals surface area contributed by atoms with Crippen molar-refractivity contribution in [1.29, 1.82) is 0 Å². The number of carbonyl (C=O) groups is 4. The van der Waals surface area contributed by atoms with Crippen molar-refractivity contribution in [3.8, 4) is 0 Å². The van der Waals surface area contributed by atoms with Crippen molar-refractivity contribution in [1.82, 2.24) is 20.5 Å². The van der Waals surface area contributed by atoms with E-state index in [1.165, 1.54) is 4.90 Å². The molecule has 3 atom stereocenters. The van der Waals surface area contributed by atoms with Gasteiger partial charge in [-0.05, 0) is 51.0 Å². The second-order valence-electron chi connectivity index (χ2n) is 10.6. The summed E-state index contributed by atoms with van der Waals surface area (Å²) in [7, 11) is 0. The molecule has 3 aromatic rings. The fourth-order valence-electron chi connectivity index (χ4n) is 5.17. The van der Waals surface area contributed by atoms with Crippen molar-refractivity contribution in [2.75, 3.05) is 11.4 Å². The Hall–Kier alpha value is -4.34. The molecule has 2 saturated heterocycles. The van der Waals surface area contributed by atoms with Gasteiger partial charge in [0.1, 0.15) is 11.6 Å². The number of benzene rings is 2. The van der Waals surface area contributed by atoms with Gasteiger partial charge in [-0.1, -0.05) is 36.4 Å². The molecule has 0 radical (unpaired) electrons. The molecule has 198 valence electrons. The third kappa shape index (κ3) is 4.93. The number of imide groups is 1. The average molecular weight is 518 g/mol. The first kappa shape index (κ1) is 25.3. The number of anilines is 1. The van der Waals surface area contributed by atoms with E-state index in [2.05, 4.69) is 15.6 Å². The topological polar surface area (TPSA) is 124 Å². The number of para-hydroxylation sites is 2. The maximum absolute atomic E-state index is 13.9. The van der Waals surface area contributed by atoms with Gasteiger partial charge >= 0.3 is 12.1 Å². The molecule has 5 rings (SSSR count). The average Bonchev–Trinajstić information content (AvgIpc) is 3.27. The number of nitrogens with zero attached hydrogens (tertiary/aromatic N) is 2. The molecule has 0 aliphatic carbocycles. The Balaban J connectivity index is 1.51. The zero-order valence-electron chi connectivity index (χ0n) is 21.6.